The lowest BCUT2D eigenvalue weighted by atomic mass is 9.85. The molecule has 1 aromatic heterocycles. The molecular formula is C22H15F9N2O. The molecule has 1 aliphatic rings. The molecule has 2 atom stereocenters. The van der Waals surface area contributed by atoms with Gasteiger partial charge in [0.25, 0.3) is 0 Å². The summed E-state index contributed by atoms with van der Waals surface area (Å²) in [4.78, 5) is 15.0. The predicted molar refractivity (Wildman–Crippen MR) is 106 cm³/mol. The van der Waals surface area contributed by atoms with Crippen LogP contribution in [0.1, 0.15) is 35.1 Å². The minimum Gasteiger partial charge on any atom is -0.359 e. The number of benzene rings is 2. The molecule has 0 radical (unpaired) electrons. The van der Waals surface area contributed by atoms with E-state index in [-0.39, 0.29) is 22.3 Å². The van der Waals surface area contributed by atoms with E-state index in [2.05, 4.69) is 4.98 Å². The second-order valence-electron chi connectivity index (χ2n) is 8.05. The maximum Gasteiger partial charge on any atom is 0.417 e. The summed E-state index contributed by atoms with van der Waals surface area (Å²) in [5.74, 6) is -1.13. The Hall–Kier alpha value is -3.18. The van der Waals surface area contributed by atoms with Gasteiger partial charge in [0.1, 0.15) is 6.54 Å². The molecule has 4 rings (SSSR count). The van der Waals surface area contributed by atoms with Gasteiger partial charge in [-0.1, -0.05) is 12.1 Å². The predicted octanol–water partition coefficient (Wildman–Crippen LogP) is 6.47. The maximum atomic E-state index is 13.9. The number of anilines is 1. The standard InChI is InChI=1S/C22H15F9N2O/c1-10-17(11-2-4-12(5-3-11)21(26,27)28)19-15(33(10)9-20(23,24)25)7-6-14-18(19)13(22(29,30)31)8-16(34)32-14/h2-8,10,17H,9H2,1H3,(H,32,34). The van der Waals surface area contributed by atoms with Crippen LogP contribution in [0.3, 0.4) is 0 Å². The van der Waals surface area contributed by atoms with E-state index in [1.807, 2.05) is 0 Å². The van der Waals surface area contributed by atoms with Crippen molar-refractivity contribution in [1.29, 1.82) is 0 Å². The van der Waals surface area contributed by atoms with E-state index in [1.165, 1.54) is 13.0 Å². The molecule has 2 aromatic carbocycles. The number of aromatic nitrogens is 1. The lowest BCUT2D eigenvalue weighted by molar-refractivity contribution is -0.138. The molecule has 2 heterocycles. The summed E-state index contributed by atoms with van der Waals surface area (Å²) < 4.78 is 121. The third-order valence-electron chi connectivity index (χ3n) is 5.87. The fourth-order valence-corrected chi connectivity index (χ4v) is 4.55. The number of rotatable bonds is 2. The Bertz CT molecular complexity index is 1290. The van der Waals surface area contributed by atoms with Gasteiger partial charge in [-0.3, -0.25) is 4.79 Å². The molecule has 182 valence electrons. The molecule has 3 nitrogen and oxygen atoms in total. The van der Waals surface area contributed by atoms with Crippen LogP contribution in [0, 0.1) is 0 Å². The number of nitrogens with one attached hydrogen (secondary N) is 1. The number of pyridine rings is 1. The van der Waals surface area contributed by atoms with Crippen molar-refractivity contribution < 1.29 is 39.5 Å². The first-order chi connectivity index (χ1) is 15.6. The van der Waals surface area contributed by atoms with Gasteiger partial charge in [-0.25, -0.2) is 0 Å². The van der Waals surface area contributed by atoms with Crippen molar-refractivity contribution in [3.05, 3.63) is 75.1 Å². The average molecular weight is 494 g/mol. The number of aromatic amines is 1. The molecule has 0 saturated heterocycles. The summed E-state index contributed by atoms with van der Waals surface area (Å²) >= 11 is 0. The van der Waals surface area contributed by atoms with Crippen LogP contribution in [0.5, 0.6) is 0 Å². The van der Waals surface area contributed by atoms with Gasteiger partial charge in [0.2, 0.25) is 5.56 Å². The SMILES string of the molecule is CC1C(c2ccc(C(F)(F)F)cc2)c2c(ccc3[nH]c(=O)cc(C(F)(F)F)c23)N1CC(F)(F)F. The number of H-pyrrole nitrogens is 1. The summed E-state index contributed by atoms with van der Waals surface area (Å²) in [5, 5.41) is -0.494. The number of hydrogen-bond acceptors (Lipinski definition) is 2. The molecule has 0 aliphatic carbocycles. The summed E-state index contributed by atoms with van der Waals surface area (Å²) in [7, 11) is 0. The van der Waals surface area contributed by atoms with Crippen molar-refractivity contribution >= 4 is 16.6 Å². The molecule has 12 heteroatoms. The van der Waals surface area contributed by atoms with Crippen molar-refractivity contribution in [3.8, 4) is 0 Å². The highest BCUT2D eigenvalue weighted by Gasteiger charge is 2.45. The Morgan fingerprint density at radius 3 is 2.03 bits per heavy atom. The van der Waals surface area contributed by atoms with Crippen molar-refractivity contribution in [1.82, 2.24) is 4.98 Å². The van der Waals surface area contributed by atoms with Gasteiger partial charge in [0, 0.05) is 34.6 Å². The van der Waals surface area contributed by atoms with E-state index in [1.54, 1.807) is 0 Å². The van der Waals surface area contributed by atoms with Crippen LogP contribution in [0.15, 0.2) is 47.3 Å². The molecule has 2 unspecified atom stereocenters. The highest BCUT2D eigenvalue weighted by Crippen LogP contribution is 2.50. The van der Waals surface area contributed by atoms with E-state index < -0.39 is 59.1 Å². The highest BCUT2D eigenvalue weighted by molar-refractivity contribution is 5.93. The molecule has 1 N–H and O–H groups in total. The lowest BCUT2D eigenvalue weighted by Crippen LogP contribution is -2.39. The lowest BCUT2D eigenvalue weighted by Gasteiger charge is -2.28. The molecule has 0 saturated carbocycles. The van der Waals surface area contributed by atoms with Crippen LogP contribution in [-0.4, -0.2) is 23.7 Å². The quantitative estimate of drug-likeness (QED) is 0.415. The number of hydrogen-bond donors (Lipinski definition) is 1. The van der Waals surface area contributed by atoms with E-state index in [0.717, 1.165) is 35.2 Å². The molecule has 34 heavy (non-hydrogen) atoms. The Kier molecular flexibility index (Phi) is 5.41. The molecule has 3 aromatic rings. The number of nitrogens with zero attached hydrogens (tertiary/aromatic N) is 1. The topological polar surface area (TPSA) is 36.1 Å². The van der Waals surface area contributed by atoms with Gasteiger partial charge in [-0.2, -0.15) is 39.5 Å². The summed E-state index contributed by atoms with van der Waals surface area (Å²) in [6, 6.07) is 5.09. The zero-order valence-electron chi connectivity index (χ0n) is 17.2. The van der Waals surface area contributed by atoms with Crippen molar-refractivity contribution in [2.24, 2.45) is 0 Å². The van der Waals surface area contributed by atoms with Gasteiger partial charge < -0.3 is 9.88 Å². The molecule has 0 amide bonds. The van der Waals surface area contributed by atoms with Crippen LogP contribution in [0.25, 0.3) is 10.9 Å². The van der Waals surface area contributed by atoms with Crippen molar-refractivity contribution in [3.63, 3.8) is 0 Å². The normalized spacial score (nSPS) is 19.1. The minimum atomic E-state index is -5.01. The number of halogens is 9. The number of fused-ring (bicyclic) bond motifs is 3. The first kappa shape index (κ1) is 24.0. The van der Waals surface area contributed by atoms with E-state index in [4.69, 9.17) is 0 Å². The largest absolute Gasteiger partial charge is 0.417 e. The van der Waals surface area contributed by atoms with Crippen LogP contribution in [-0.2, 0) is 12.4 Å². The van der Waals surface area contributed by atoms with Crippen LogP contribution in [0.2, 0.25) is 0 Å². The van der Waals surface area contributed by atoms with Crippen molar-refractivity contribution in [2.45, 2.75) is 37.4 Å². The van der Waals surface area contributed by atoms with Gasteiger partial charge in [0.05, 0.1) is 11.1 Å². The van der Waals surface area contributed by atoms with Crippen LogP contribution >= 0.6 is 0 Å². The smallest absolute Gasteiger partial charge is 0.359 e. The zero-order chi connectivity index (χ0) is 25.2. The Morgan fingerprint density at radius 2 is 1.50 bits per heavy atom. The van der Waals surface area contributed by atoms with Crippen molar-refractivity contribution in [2.75, 3.05) is 11.4 Å². The van der Waals surface area contributed by atoms with Gasteiger partial charge in [-0.15, -0.1) is 0 Å². The van der Waals surface area contributed by atoms with Crippen LogP contribution in [0.4, 0.5) is 45.2 Å². The second kappa shape index (κ2) is 7.67. The summed E-state index contributed by atoms with van der Waals surface area (Å²) in [6.45, 7) is -0.118. The molecule has 0 fully saturated rings. The molecular weight excluding hydrogens is 479 g/mol. The highest BCUT2D eigenvalue weighted by atomic mass is 19.4. The summed E-state index contributed by atoms with van der Waals surface area (Å²) in [6.07, 6.45) is -14.4. The van der Waals surface area contributed by atoms with Crippen LogP contribution < -0.4 is 10.5 Å². The monoisotopic (exact) mass is 494 g/mol. The van der Waals surface area contributed by atoms with Gasteiger partial charge in [-0.05, 0) is 42.3 Å². The first-order valence-corrected chi connectivity index (χ1v) is 9.85. The third-order valence-corrected chi connectivity index (χ3v) is 5.87. The van der Waals surface area contributed by atoms with Gasteiger partial charge in [0.15, 0.2) is 0 Å². The van der Waals surface area contributed by atoms with E-state index >= 15 is 0 Å². The fourth-order valence-electron chi connectivity index (χ4n) is 4.55. The van der Waals surface area contributed by atoms with E-state index in [9.17, 15) is 44.3 Å². The zero-order valence-corrected chi connectivity index (χ0v) is 17.2. The van der Waals surface area contributed by atoms with E-state index in [0.29, 0.717) is 6.07 Å². The third kappa shape index (κ3) is 4.21. The Balaban J connectivity index is 2.03. The van der Waals surface area contributed by atoms with Gasteiger partial charge >= 0.3 is 18.5 Å². The fraction of sp³-hybridized carbons (Fsp3) is 0.318. The average Bonchev–Trinajstić information content (AvgIpc) is 2.96. The minimum absolute atomic E-state index is 0.109. The molecule has 1 aliphatic heterocycles. The molecule has 0 bridgehead atoms. The Labute approximate surface area is 185 Å². The second-order valence-corrected chi connectivity index (χ2v) is 8.05. The first-order valence-electron chi connectivity index (χ1n) is 9.85. The maximum absolute atomic E-state index is 13.9. The Morgan fingerprint density at radius 1 is 0.882 bits per heavy atom. The molecule has 0 spiro atoms. The number of alkyl halides is 9. The summed E-state index contributed by atoms with van der Waals surface area (Å²) in [5.41, 5.74) is -3.80.